The molecule has 2 aliphatic heterocycles. The van der Waals surface area contributed by atoms with Crippen LogP contribution in [0.4, 0.5) is 4.79 Å². The molecule has 0 aliphatic carbocycles. The molecule has 15 heteroatoms. The molecule has 6 N–H and O–H groups in total. The molecule has 4 amide bonds. The number of β-lactam (4-membered cyclic amide) rings is 1. The molecule has 13 nitrogen and oxygen atoms in total. The van der Waals surface area contributed by atoms with Crippen LogP contribution in [0.15, 0.2) is 24.3 Å². The van der Waals surface area contributed by atoms with Gasteiger partial charge in [-0.05, 0) is 31.5 Å². The van der Waals surface area contributed by atoms with Gasteiger partial charge in [0.05, 0.1) is 0 Å². The van der Waals surface area contributed by atoms with Gasteiger partial charge in [0.2, 0.25) is 11.8 Å². The second-order valence-corrected chi connectivity index (χ2v) is 11.3. The lowest BCUT2D eigenvalue weighted by molar-refractivity contribution is -0.161. The highest BCUT2D eigenvalue weighted by atomic mass is 32.2. The van der Waals surface area contributed by atoms with Crippen molar-refractivity contribution in [1.29, 1.82) is 0 Å². The Morgan fingerprint density at radius 3 is 2.39 bits per heavy atom. The lowest BCUT2D eigenvalue weighted by atomic mass is 9.95. The summed E-state index contributed by atoms with van der Waals surface area (Å²) in [5.74, 6) is -2.65. The van der Waals surface area contributed by atoms with E-state index in [1.165, 1.54) is 40.9 Å². The maximum absolute atomic E-state index is 13.0. The number of rotatable bonds is 7. The summed E-state index contributed by atoms with van der Waals surface area (Å²) in [7, 11) is -3.54. The number of fused-ring (bicyclic) bond motifs is 1. The van der Waals surface area contributed by atoms with Gasteiger partial charge in [-0.25, -0.2) is 19.2 Å². The van der Waals surface area contributed by atoms with Crippen LogP contribution in [0.2, 0.25) is 0 Å². The Morgan fingerprint density at radius 1 is 1.24 bits per heavy atom. The first-order chi connectivity index (χ1) is 15.3. The number of aliphatic carboxylic acids is 1. The van der Waals surface area contributed by atoms with Gasteiger partial charge in [-0.15, -0.1) is 11.8 Å². The van der Waals surface area contributed by atoms with Crippen LogP contribution in [-0.4, -0.2) is 73.1 Å². The molecule has 2 unspecified atom stereocenters. The fourth-order valence-corrected chi connectivity index (χ4v) is 5.72. The van der Waals surface area contributed by atoms with Crippen molar-refractivity contribution in [1.82, 2.24) is 20.6 Å². The van der Waals surface area contributed by atoms with E-state index >= 15 is 0 Å². The van der Waals surface area contributed by atoms with Gasteiger partial charge in [-0.1, -0.05) is 12.1 Å². The quantitative estimate of drug-likeness (QED) is 0.220. The number of aromatic hydroxyl groups is 1. The Morgan fingerprint density at radius 2 is 1.85 bits per heavy atom. The van der Waals surface area contributed by atoms with E-state index in [1.807, 2.05) is 0 Å². The second kappa shape index (κ2) is 8.86. The molecule has 2 fully saturated rings. The Bertz CT molecular complexity index is 1030. The summed E-state index contributed by atoms with van der Waals surface area (Å²) >= 11 is 1.23. The summed E-state index contributed by atoms with van der Waals surface area (Å²) < 4.78 is 15.1. The Kier molecular flexibility index (Phi) is 6.67. The molecule has 0 bridgehead atoms. The molecule has 1 aromatic rings. The number of carboxylic acid groups (broad SMARTS) is 1. The molecule has 33 heavy (non-hydrogen) atoms. The number of benzene rings is 1. The van der Waals surface area contributed by atoms with Crippen molar-refractivity contribution in [2.24, 2.45) is 0 Å². The first kappa shape index (κ1) is 24.8. The molecule has 5 atom stereocenters. The minimum Gasteiger partial charge on any atom is -0.508 e. The third-order valence-corrected chi connectivity index (χ3v) is 7.78. The third kappa shape index (κ3) is 4.93. The highest BCUT2D eigenvalue weighted by molar-refractivity contribution is 8.01. The predicted octanol–water partition coefficient (Wildman–Crippen LogP) is 0.111. The SMILES string of the molecule is COP(=O)(O)NC(=O)NC(C(=O)N[C@@H]1C(=O)N2[C@@H]1SC(C)(C)[C@@H]2C(=O)O)c1ccc(O)cc1. The van der Waals surface area contributed by atoms with Crippen molar-refractivity contribution < 1.29 is 43.4 Å². The lowest BCUT2D eigenvalue weighted by Crippen LogP contribution is -2.71. The van der Waals surface area contributed by atoms with Crippen LogP contribution in [-0.2, 0) is 23.5 Å². The first-order valence-corrected chi connectivity index (χ1v) is 12.0. The standard InChI is InChI=1S/C18H23N4O9PS/c1-18(2)12(16(26)27)22-14(25)11(15(22)33-18)19-13(24)10(8-4-6-9(23)7-5-8)20-17(28)21-32(29,30)31-3/h4-7,10-12,15,23H,1-3H3,(H,19,24)(H,26,27)(H3,20,21,28,29,30)/t10?,11-,12+,15-/m1/s1. The van der Waals surface area contributed by atoms with Crippen LogP contribution in [0.3, 0.4) is 0 Å². The van der Waals surface area contributed by atoms with Crippen LogP contribution in [0.5, 0.6) is 5.75 Å². The Balaban J connectivity index is 1.79. The van der Waals surface area contributed by atoms with Gasteiger partial charge in [0.1, 0.15) is 29.2 Å². The minimum absolute atomic E-state index is 0.101. The van der Waals surface area contributed by atoms with Crippen molar-refractivity contribution in [2.45, 2.75) is 42.1 Å². The highest BCUT2D eigenvalue weighted by Gasteiger charge is 2.64. The first-order valence-electron chi connectivity index (χ1n) is 9.57. The average molecular weight is 502 g/mol. The number of nitrogens with one attached hydrogen (secondary N) is 3. The zero-order valence-corrected chi connectivity index (χ0v) is 19.4. The van der Waals surface area contributed by atoms with Gasteiger partial charge in [0.15, 0.2) is 0 Å². The highest BCUT2D eigenvalue weighted by Crippen LogP contribution is 2.50. The van der Waals surface area contributed by atoms with Gasteiger partial charge in [0, 0.05) is 11.9 Å². The van der Waals surface area contributed by atoms with E-state index in [-0.39, 0.29) is 11.3 Å². The molecule has 2 saturated heterocycles. The van der Waals surface area contributed by atoms with Crippen molar-refractivity contribution in [3.63, 3.8) is 0 Å². The average Bonchev–Trinajstić information content (AvgIpc) is 2.98. The van der Waals surface area contributed by atoms with Gasteiger partial charge >= 0.3 is 19.7 Å². The third-order valence-electron chi connectivity index (χ3n) is 5.23. The number of hydrogen-bond acceptors (Lipinski definition) is 8. The summed E-state index contributed by atoms with van der Waals surface area (Å²) in [4.78, 5) is 60.1. The Hall–Kier alpha value is -2.80. The lowest BCUT2D eigenvalue weighted by Gasteiger charge is -2.44. The number of amides is 4. The number of hydrogen-bond donors (Lipinski definition) is 6. The summed E-state index contributed by atoms with van der Waals surface area (Å²) in [5.41, 5.74) is 0.206. The molecule has 180 valence electrons. The molecule has 3 rings (SSSR count). The van der Waals surface area contributed by atoms with Crippen molar-refractivity contribution in [2.75, 3.05) is 7.11 Å². The van der Waals surface area contributed by atoms with Gasteiger partial charge in [-0.3, -0.25) is 14.1 Å². The van der Waals surface area contributed by atoms with Crippen LogP contribution in [0.1, 0.15) is 25.5 Å². The summed E-state index contributed by atoms with van der Waals surface area (Å²) in [6.45, 7) is 3.38. The zero-order valence-electron chi connectivity index (χ0n) is 17.7. The predicted molar refractivity (Wildman–Crippen MR) is 115 cm³/mol. The number of thioether (sulfide) groups is 1. The molecular formula is C18H23N4O9PS. The monoisotopic (exact) mass is 502 g/mol. The largest absolute Gasteiger partial charge is 0.508 e. The van der Waals surface area contributed by atoms with Gasteiger partial charge in [-0.2, -0.15) is 0 Å². The fourth-order valence-electron chi connectivity index (χ4n) is 3.69. The summed E-state index contributed by atoms with van der Waals surface area (Å²) in [6.07, 6.45) is 0. The summed E-state index contributed by atoms with van der Waals surface area (Å²) in [6, 6.07) is 0.527. The fraction of sp³-hybridized carbons (Fsp3) is 0.444. The van der Waals surface area contributed by atoms with E-state index in [2.05, 4.69) is 15.2 Å². The molecule has 0 radical (unpaired) electrons. The van der Waals surface area contributed by atoms with E-state index in [0.29, 0.717) is 0 Å². The minimum atomic E-state index is -4.45. The smallest absolute Gasteiger partial charge is 0.433 e. The number of carbonyl (C=O) groups excluding carboxylic acids is 3. The van der Waals surface area contributed by atoms with Crippen molar-refractivity contribution in [3.8, 4) is 5.75 Å². The normalized spacial score (nSPS) is 25.8. The summed E-state index contributed by atoms with van der Waals surface area (Å²) in [5, 5.41) is 24.8. The van der Waals surface area contributed by atoms with Crippen LogP contribution >= 0.6 is 19.5 Å². The van der Waals surface area contributed by atoms with Gasteiger partial charge < -0.3 is 30.6 Å². The number of carbonyl (C=O) groups is 4. The topological polar surface area (TPSA) is 195 Å². The number of phenolic OH excluding ortho intramolecular Hbond substituents is 1. The molecule has 2 heterocycles. The molecule has 0 saturated carbocycles. The van der Waals surface area contributed by atoms with Crippen molar-refractivity contribution in [3.05, 3.63) is 29.8 Å². The maximum atomic E-state index is 13.0. The van der Waals surface area contributed by atoms with Crippen molar-refractivity contribution >= 4 is 43.3 Å². The van der Waals surface area contributed by atoms with Gasteiger partial charge in [0.25, 0.3) is 0 Å². The molecule has 2 aliphatic rings. The van der Waals surface area contributed by atoms with Crippen LogP contribution < -0.4 is 15.7 Å². The zero-order chi connectivity index (χ0) is 24.7. The Labute approximate surface area is 192 Å². The number of urea groups is 1. The van der Waals surface area contributed by atoms with E-state index in [1.54, 1.807) is 18.9 Å². The van der Waals surface area contributed by atoms with Crippen LogP contribution in [0.25, 0.3) is 0 Å². The second-order valence-electron chi connectivity index (χ2n) is 7.90. The number of carboxylic acids is 1. The maximum Gasteiger partial charge on any atom is 0.433 e. The van der Waals surface area contributed by atoms with Crippen LogP contribution in [0, 0.1) is 0 Å². The van der Waals surface area contributed by atoms with E-state index in [0.717, 1.165) is 7.11 Å². The molecule has 0 spiro atoms. The molecule has 1 aromatic carbocycles. The molecule has 0 aromatic heterocycles. The number of nitrogens with zero attached hydrogens (tertiary/aromatic N) is 1. The van der Waals surface area contributed by atoms with E-state index in [4.69, 9.17) is 0 Å². The van der Waals surface area contributed by atoms with E-state index < -0.39 is 59.8 Å². The van der Waals surface area contributed by atoms with E-state index in [9.17, 15) is 38.8 Å². The molecular weight excluding hydrogens is 479 g/mol. The number of phenols is 1.